The van der Waals surface area contributed by atoms with Crippen LogP contribution in [0.25, 0.3) is 0 Å². The van der Waals surface area contributed by atoms with E-state index < -0.39 is 36.7 Å². The summed E-state index contributed by atoms with van der Waals surface area (Å²) >= 11 is 9.23. The van der Waals surface area contributed by atoms with E-state index in [2.05, 4.69) is 26.6 Å². The van der Waals surface area contributed by atoms with Crippen molar-refractivity contribution in [3.8, 4) is 0 Å². The van der Waals surface area contributed by atoms with Crippen molar-refractivity contribution in [2.45, 2.75) is 38.7 Å². The molecule has 0 unspecified atom stereocenters. The molecule has 0 aromatic heterocycles. The number of nitrogens with zero attached hydrogens (tertiary/aromatic N) is 1. The molecule has 2 amide bonds. The van der Waals surface area contributed by atoms with Gasteiger partial charge in [-0.15, -0.1) is 0 Å². The van der Waals surface area contributed by atoms with Crippen LogP contribution < -0.4 is 10.6 Å². The van der Waals surface area contributed by atoms with Crippen molar-refractivity contribution in [2.24, 2.45) is 5.92 Å². The van der Waals surface area contributed by atoms with Crippen molar-refractivity contribution in [1.82, 2.24) is 15.5 Å². The SMILES string of the molecule is CC(C)C[C@H](NC(=O)[C@H](Cc1ccccc1)NC(=O)c1c(Cl)ccc(Br)c1F)B1OCCN(CCO)CCO1. The summed E-state index contributed by atoms with van der Waals surface area (Å²) in [6.07, 6.45) is 0.761. The molecule has 0 aliphatic carbocycles. The first-order chi connectivity index (χ1) is 18.7. The van der Waals surface area contributed by atoms with Crippen LogP contribution in [0.4, 0.5) is 4.39 Å². The van der Waals surface area contributed by atoms with E-state index in [1.807, 2.05) is 49.1 Å². The van der Waals surface area contributed by atoms with E-state index in [0.717, 1.165) is 5.56 Å². The number of hydrogen-bond acceptors (Lipinski definition) is 6. The number of carbonyl (C=O) groups is 2. The molecule has 2 aromatic carbocycles. The number of nitrogens with one attached hydrogen (secondary N) is 2. The molecule has 0 bridgehead atoms. The maximum atomic E-state index is 14.8. The minimum atomic E-state index is -1.02. The molecule has 2 aromatic rings. The smallest absolute Gasteiger partial charge is 0.408 e. The Balaban J connectivity index is 1.80. The summed E-state index contributed by atoms with van der Waals surface area (Å²) in [5.74, 6) is -2.31. The van der Waals surface area contributed by atoms with Gasteiger partial charge in [0.1, 0.15) is 6.04 Å². The first-order valence-electron chi connectivity index (χ1n) is 13.0. The molecule has 3 N–H and O–H groups in total. The lowest BCUT2D eigenvalue weighted by atomic mass is 9.73. The Kier molecular flexibility index (Phi) is 12.7. The monoisotopic (exact) mass is 625 g/mol. The third kappa shape index (κ3) is 9.55. The van der Waals surface area contributed by atoms with Gasteiger partial charge in [-0.3, -0.25) is 14.5 Å². The molecule has 39 heavy (non-hydrogen) atoms. The zero-order valence-electron chi connectivity index (χ0n) is 22.2. The third-order valence-corrected chi connectivity index (χ3v) is 7.28. The molecule has 0 saturated carbocycles. The van der Waals surface area contributed by atoms with Crippen LogP contribution in [0.15, 0.2) is 46.9 Å². The Bertz CT molecular complexity index is 1090. The Morgan fingerprint density at radius 1 is 1.13 bits per heavy atom. The van der Waals surface area contributed by atoms with Crippen molar-refractivity contribution in [3.05, 3.63) is 68.9 Å². The predicted octanol–water partition coefficient (Wildman–Crippen LogP) is 3.48. The van der Waals surface area contributed by atoms with E-state index in [4.69, 9.17) is 20.9 Å². The summed E-state index contributed by atoms with van der Waals surface area (Å²) in [6.45, 7) is 6.67. The first kappa shape index (κ1) is 31.5. The van der Waals surface area contributed by atoms with Gasteiger partial charge in [0.2, 0.25) is 5.91 Å². The fourth-order valence-electron chi connectivity index (χ4n) is 4.41. The average Bonchev–Trinajstić information content (AvgIpc) is 2.87. The van der Waals surface area contributed by atoms with Crippen molar-refractivity contribution in [3.63, 3.8) is 0 Å². The molecule has 1 aliphatic heterocycles. The highest BCUT2D eigenvalue weighted by atomic mass is 79.9. The second-order valence-electron chi connectivity index (χ2n) is 9.85. The summed E-state index contributed by atoms with van der Waals surface area (Å²) in [7, 11) is -0.683. The van der Waals surface area contributed by atoms with Crippen molar-refractivity contribution in [1.29, 1.82) is 0 Å². The highest BCUT2D eigenvalue weighted by Crippen LogP contribution is 2.26. The maximum absolute atomic E-state index is 14.8. The van der Waals surface area contributed by atoms with Crippen LogP contribution in [0.3, 0.4) is 0 Å². The number of rotatable bonds is 11. The lowest BCUT2D eigenvalue weighted by molar-refractivity contribution is -0.123. The highest BCUT2D eigenvalue weighted by Gasteiger charge is 2.36. The van der Waals surface area contributed by atoms with Crippen molar-refractivity contribution < 1.29 is 28.4 Å². The van der Waals surface area contributed by atoms with Crippen LogP contribution in [0.5, 0.6) is 0 Å². The van der Waals surface area contributed by atoms with Crippen LogP contribution in [0.1, 0.15) is 36.2 Å². The van der Waals surface area contributed by atoms with Gasteiger partial charge in [-0.2, -0.15) is 0 Å². The van der Waals surface area contributed by atoms with Crippen LogP contribution in [0, 0.1) is 11.7 Å². The van der Waals surface area contributed by atoms with Crippen molar-refractivity contribution in [2.75, 3.05) is 39.5 Å². The van der Waals surface area contributed by atoms with Gasteiger partial charge in [0, 0.05) is 39.3 Å². The largest absolute Gasteiger partial charge is 0.480 e. The molecule has 12 heteroatoms. The molecular weight excluding hydrogens is 591 g/mol. The summed E-state index contributed by atoms with van der Waals surface area (Å²) in [5, 5.41) is 14.9. The van der Waals surface area contributed by atoms with Crippen LogP contribution in [0.2, 0.25) is 5.02 Å². The minimum absolute atomic E-state index is 0.0546. The molecule has 1 heterocycles. The Morgan fingerprint density at radius 2 is 1.79 bits per heavy atom. The van der Waals surface area contributed by atoms with Gasteiger partial charge in [-0.05, 0) is 46.0 Å². The fraction of sp³-hybridized carbons (Fsp3) is 0.481. The highest BCUT2D eigenvalue weighted by molar-refractivity contribution is 9.10. The first-order valence-corrected chi connectivity index (χ1v) is 14.2. The summed E-state index contributed by atoms with van der Waals surface area (Å²) in [6, 6.07) is 11.1. The van der Waals surface area contributed by atoms with E-state index in [0.29, 0.717) is 39.3 Å². The molecule has 2 atom stereocenters. The van der Waals surface area contributed by atoms with Crippen molar-refractivity contribution >= 4 is 46.5 Å². The molecular formula is C27H35BBrClFN3O5. The molecule has 8 nitrogen and oxygen atoms in total. The molecule has 0 spiro atoms. The molecule has 1 aliphatic rings. The number of halogens is 3. The zero-order chi connectivity index (χ0) is 28.4. The summed E-state index contributed by atoms with van der Waals surface area (Å²) in [4.78, 5) is 28.9. The standard InChI is InChI=1S/C27H35BBrClFN3O5/c1-18(2)16-23(28-38-14-11-34(10-13-35)12-15-39-28)33-26(36)22(17-19-6-4-3-5-7-19)32-27(37)24-21(30)9-8-20(29)25(24)31/h3-9,18,22-23,35H,10-17H2,1-2H3,(H,32,37)(H,33,36)/t22-,23-/m0/s1. The van der Waals surface area contributed by atoms with Gasteiger partial charge in [-0.1, -0.05) is 55.8 Å². The molecule has 3 rings (SSSR count). The van der Waals surface area contributed by atoms with Crippen LogP contribution in [-0.4, -0.2) is 80.4 Å². The minimum Gasteiger partial charge on any atom is -0.408 e. The van der Waals surface area contributed by atoms with Gasteiger partial charge < -0.3 is 25.0 Å². The normalized spacial score (nSPS) is 16.3. The number of benzene rings is 2. The van der Waals surface area contributed by atoms with E-state index in [9.17, 15) is 19.1 Å². The molecule has 0 radical (unpaired) electrons. The second-order valence-corrected chi connectivity index (χ2v) is 11.1. The number of amides is 2. The Labute approximate surface area is 242 Å². The second kappa shape index (κ2) is 15.7. The van der Waals surface area contributed by atoms with E-state index in [-0.39, 0.29) is 34.0 Å². The third-order valence-electron chi connectivity index (χ3n) is 6.35. The van der Waals surface area contributed by atoms with E-state index >= 15 is 0 Å². The van der Waals surface area contributed by atoms with Gasteiger partial charge in [0.25, 0.3) is 5.91 Å². The number of aliphatic hydroxyl groups is 1. The Morgan fingerprint density at radius 3 is 2.41 bits per heavy atom. The van der Waals surface area contributed by atoms with Crippen LogP contribution in [-0.2, 0) is 20.5 Å². The fourth-order valence-corrected chi connectivity index (χ4v) is 4.97. The average molecular weight is 627 g/mol. The lowest BCUT2D eigenvalue weighted by Crippen LogP contribution is -2.57. The quantitative estimate of drug-likeness (QED) is 0.261. The predicted molar refractivity (Wildman–Crippen MR) is 153 cm³/mol. The van der Waals surface area contributed by atoms with Gasteiger partial charge in [-0.25, -0.2) is 4.39 Å². The topological polar surface area (TPSA) is 100 Å². The molecule has 1 fully saturated rings. The van der Waals surface area contributed by atoms with Crippen LogP contribution >= 0.6 is 27.5 Å². The number of β-amino-alcohol motifs (C(OH)–C–C–N with tert-alkyl or cyclic N) is 1. The number of carbonyl (C=O) groups excluding carboxylic acids is 2. The maximum Gasteiger partial charge on any atom is 0.480 e. The van der Waals surface area contributed by atoms with Gasteiger partial charge in [0.15, 0.2) is 5.82 Å². The van der Waals surface area contributed by atoms with E-state index in [1.54, 1.807) is 0 Å². The molecule has 212 valence electrons. The molecule has 1 saturated heterocycles. The zero-order valence-corrected chi connectivity index (χ0v) is 24.5. The van der Waals surface area contributed by atoms with Gasteiger partial charge >= 0.3 is 7.12 Å². The summed E-state index contributed by atoms with van der Waals surface area (Å²) < 4.78 is 26.9. The Hall–Kier alpha value is -2.02. The van der Waals surface area contributed by atoms with Gasteiger partial charge in [0.05, 0.1) is 27.6 Å². The number of hydrogen-bond donors (Lipinski definition) is 3. The lowest BCUT2D eigenvalue weighted by Gasteiger charge is -2.31. The summed E-state index contributed by atoms with van der Waals surface area (Å²) in [5.41, 5.74) is 0.483. The van der Waals surface area contributed by atoms with E-state index in [1.165, 1.54) is 12.1 Å². The number of aliphatic hydroxyl groups excluding tert-OH is 1.